The van der Waals surface area contributed by atoms with E-state index in [0.717, 1.165) is 11.3 Å². The summed E-state index contributed by atoms with van der Waals surface area (Å²) in [6.45, 7) is 1.89. The van der Waals surface area contributed by atoms with Gasteiger partial charge in [0.05, 0.1) is 12.3 Å². The maximum absolute atomic E-state index is 12.7. The van der Waals surface area contributed by atoms with Gasteiger partial charge in [-0.15, -0.1) is 0 Å². The summed E-state index contributed by atoms with van der Waals surface area (Å²) < 4.78 is 12.7. The van der Waals surface area contributed by atoms with Gasteiger partial charge in [-0.1, -0.05) is 30.3 Å². The number of rotatable bonds is 5. The Kier molecular flexibility index (Phi) is 5.04. The van der Waals surface area contributed by atoms with Crippen molar-refractivity contribution in [2.24, 2.45) is 5.10 Å². The van der Waals surface area contributed by atoms with Gasteiger partial charge in [-0.3, -0.25) is 4.79 Å². The molecular weight excluding hydrogens is 269 g/mol. The molecule has 0 aliphatic heterocycles. The molecule has 0 aromatic heterocycles. The molecule has 4 nitrogen and oxygen atoms in total. The number of carbonyl (C=O) groups excluding carboxylic acids is 1. The highest BCUT2D eigenvalue weighted by molar-refractivity contribution is 5.99. The van der Waals surface area contributed by atoms with Crippen molar-refractivity contribution >= 4 is 17.3 Å². The second-order valence-electron chi connectivity index (χ2n) is 4.46. The summed E-state index contributed by atoms with van der Waals surface area (Å²) in [7, 11) is 0. The zero-order chi connectivity index (χ0) is 15.1. The Balaban J connectivity index is 1.83. The number of nitrogens with one attached hydrogen (secondary N) is 2. The number of nitrogens with zero attached hydrogens (tertiary/aromatic N) is 1. The molecule has 2 N–H and O–H groups in total. The second-order valence-corrected chi connectivity index (χ2v) is 4.46. The fourth-order valence-corrected chi connectivity index (χ4v) is 1.68. The Morgan fingerprint density at radius 3 is 2.43 bits per heavy atom. The number of hydrogen-bond donors (Lipinski definition) is 2. The quantitative estimate of drug-likeness (QED) is 0.655. The van der Waals surface area contributed by atoms with Gasteiger partial charge in [-0.05, 0) is 36.8 Å². The highest BCUT2D eigenvalue weighted by Crippen LogP contribution is 2.07. The van der Waals surface area contributed by atoms with E-state index in [1.54, 1.807) is 12.1 Å². The van der Waals surface area contributed by atoms with Crippen LogP contribution in [0.2, 0.25) is 0 Å². The molecular formula is C16H16FN3O. The zero-order valence-electron chi connectivity index (χ0n) is 11.6. The van der Waals surface area contributed by atoms with E-state index in [4.69, 9.17) is 0 Å². The monoisotopic (exact) mass is 285 g/mol. The molecule has 2 rings (SSSR count). The molecule has 0 aliphatic carbocycles. The lowest BCUT2D eigenvalue weighted by atomic mass is 10.1. The number of benzene rings is 2. The molecule has 0 fully saturated rings. The summed E-state index contributed by atoms with van der Waals surface area (Å²) in [5.74, 6) is -0.581. The first-order valence-corrected chi connectivity index (χ1v) is 6.53. The number of hydrogen-bond acceptors (Lipinski definition) is 3. The largest absolute Gasteiger partial charge is 0.376 e. The van der Waals surface area contributed by atoms with Gasteiger partial charge in [-0.2, -0.15) is 5.10 Å². The molecule has 1 amide bonds. The summed E-state index contributed by atoms with van der Waals surface area (Å²) in [5, 5.41) is 6.93. The van der Waals surface area contributed by atoms with Crippen molar-refractivity contribution in [1.82, 2.24) is 5.43 Å². The summed E-state index contributed by atoms with van der Waals surface area (Å²) in [6, 6.07) is 15.4. The molecule has 0 heterocycles. The van der Waals surface area contributed by atoms with Gasteiger partial charge in [0.2, 0.25) is 0 Å². The van der Waals surface area contributed by atoms with Gasteiger partial charge < -0.3 is 5.32 Å². The molecule has 21 heavy (non-hydrogen) atoms. The molecule has 0 radical (unpaired) electrons. The second kappa shape index (κ2) is 7.19. The van der Waals surface area contributed by atoms with Gasteiger partial charge >= 0.3 is 0 Å². The molecule has 0 unspecified atom stereocenters. The number of hydrazone groups is 1. The summed E-state index contributed by atoms with van der Waals surface area (Å²) in [6.07, 6.45) is 0. The van der Waals surface area contributed by atoms with Crippen LogP contribution >= 0.6 is 0 Å². The summed E-state index contributed by atoms with van der Waals surface area (Å²) in [5.41, 5.74) is 4.83. The molecule has 108 valence electrons. The van der Waals surface area contributed by atoms with Crippen LogP contribution in [0.25, 0.3) is 0 Å². The van der Waals surface area contributed by atoms with Crippen LogP contribution in [0.3, 0.4) is 0 Å². The molecule has 0 bridgehead atoms. The number of halogens is 1. The van der Waals surface area contributed by atoms with Crippen molar-refractivity contribution in [3.05, 3.63) is 66.0 Å². The van der Waals surface area contributed by atoms with Crippen LogP contribution in [0.5, 0.6) is 0 Å². The highest BCUT2D eigenvalue weighted by atomic mass is 19.1. The molecule has 5 heteroatoms. The van der Waals surface area contributed by atoms with Gasteiger partial charge in [0, 0.05) is 5.69 Å². The minimum absolute atomic E-state index is 0.0667. The number of anilines is 1. The van der Waals surface area contributed by atoms with Crippen molar-refractivity contribution in [2.75, 3.05) is 11.9 Å². The third-order valence-corrected chi connectivity index (χ3v) is 2.84. The van der Waals surface area contributed by atoms with Gasteiger partial charge in [0.1, 0.15) is 5.82 Å². The van der Waals surface area contributed by atoms with Gasteiger partial charge in [-0.25, -0.2) is 9.82 Å². The molecule has 0 aliphatic rings. The normalized spacial score (nSPS) is 11.0. The minimum atomic E-state index is -0.312. The van der Waals surface area contributed by atoms with Crippen LogP contribution < -0.4 is 10.7 Å². The van der Waals surface area contributed by atoms with Crippen LogP contribution in [0.4, 0.5) is 10.1 Å². The summed E-state index contributed by atoms with van der Waals surface area (Å²) in [4.78, 5) is 11.7. The van der Waals surface area contributed by atoms with E-state index >= 15 is 0 Å². The van der Waals surface area contributed by atoms with Crippen LogP contribution in [0.15, 0.2) is 59.7 Å². The highest BCUT2D eigenvalue weighted by Gasteiger charge is 2.01. The van der Waals surface area contributed by atoms with Crippen LogP contribution in [0.1, 0.15) is 12.5 Å². The third kappa shape index (κ3) is 4.72. The fraction of sp³-hybridized carbons (Fsp3) is 0.125. The van der Waals surface area contributed by atoms with Crippen molar-refractivity contribution in [3.8, 4) is 0 Å². The molecule has 0 saturated carbocycles. The van der Waals surface area contributed by atoms with Crippen LogP contribution in [0, 0.1) is 5.82 Å². The van der Waals surface area contributed by atoms with E-state index in [9.17, 15) is 9.18 Å². The van der Waals surface area contributed by atoms with Crippen molar-refractivity contribution < 1.29 is 9.18 Å². The van der Waals surface area contributed by atoms with E-state index < -0.39 is 0 Å². The average molecular weight is 285 g/mol. The molecule has 0 saturated heterocycles. The first-order valence-electron chi connectivity index (χ1n) is 6.53. The summed E-state index contributed by atoms with van der Waals surface area (Å²) >= 11 is 0. The topological polar surface area (TPSA) is 53.5 Å². The number of amides is 1. The maximum Gasteiger partial charge on any atom is 0.259 e. The molecule has 2 aromatic carbocycles. The van der Waals surface area contributed by atoms with E-state index in [1.165, 1.54) is 12.1 Å². The first kappa shape index (κ1) is 14.7. The van der Waals surface area contributed by atoms with E-state index in [-0.39, 0.29) is 18.3 Å². The Morgan fingerprint density at radius 2 is 1.76 bits per heavy atom. The number of carbonyl (C=O) groups is 1. The average Bonchev–Trinajstić information content (AvgIpc) is 2.53. The lowest BCUT2D eigenvalue weighted by Crippen LogP contribution is -2.26. The first-order chi connectivity index (χ1) is 10.1. The third-order valence-electron chi connectivity index (χ3n) is 2.84. The van der Waals surface area contributed by atoms with Crippen molar-refractivity contribution in [2.45, 2.75) is 6.92 Å². The zero-order valence-corrected chi connectivity index (χ0v) is 11.6. The predicted molar refractivity (Wildman–Crippen MR) is 81.7 cm³/mol. The Bertz CT molecular complexity index is 624. The van der Waals surface area contributed by atoms with Crippen LogP contribution in [-0.2, 0) is 4.79 Å². The fourth-order valence-electron chi connectivity index (χ4n) is 1.68. The standard InChI is InChI=1S/C16H16FN3O/c1-12(13-5-3-2-4-6-13)19-20-16(21)11-18-15-9-7-14(17)8-10-15/h2-10,18H,11H2,1H3,(H,20,21)/b19-12+. The van der Waals surface area contributed by atoms with Crippen LogP contribution in [-0.4, -0.2) is 18.2 Å². The van der Waals surface area contributed by atoms with Crippen molar-refractivity contribution in [3.63, 3.8) is 0 Å². The smallest absolute Gasteiger partial charge is 0.259 e. The van der Waals surface area contributed by atoms with Gasteiger partial charge in [0.15, 0.2) is 0 Å². The Labute approximate surface area is 122 Å². The Hall–Kier alpha value is -2.69. The molecule has 0 atom stereocenters. The lowest BCUT2D eigenvalue weighted by molar-refractivity contribution is -0.119. The maximum atomic E-state index is 12.7. The van der Waals surface area contributed by atoms with E-state index in [1.807, 2.05) is 37.3 Å². The molecule has 2 aromatic rings. The minimum Gasteiger partial charge on any atom is -0.376 e. The Morgan fingerprint density at radius 1 is 1.10 bits per heavy atom. The van der Waals surface area contributed by atoms with Crippen molar-refractivity contribution in [1.29, 1.82) is 0 Å². The van der Waals surface area contributed by atoms with E-state index in [0.29, 0.717) is 5.69 Å². The molecule has 0 spiro atoms. The van der Waals surface area contributed by atoms with E-state index in [2.05, 4.69) is 15.8 Å². The van der Waals surface area contributed by atoms with Gasteiger partial charge in [0.25, 0.3) is 5.91 Å². The predicted octanol–water partition coefficient (Wildman–Crippen LogP) is 2.78. The SMILES string of the molecule is C/C(=N\NC(=O)CNc1ccc(F)cc1)c1ccccc1. The lowest BCUT2D eigenvalue weighted by Gasteiger charge is -2.06.